The summed E-state index contributed by atoms with van der Waals surface area (Å²) in [5, 5.41) is 40.1. The lowest BCUT2D eigenvalue weighted by molar-refractivity contribution is 0.0682. The fourth-order valence-corrected chi connectivity index (χ4v) is 4.25. The molecule has 3 aromatic rings. The Kier molecular flexibility index (Phi) is 6.60. The van der Waals surface area contributed by atoms with Crippen molar-refractivity contribution in [1.29, 1.82) is 0 Å². The van der Waals surface area contributed by atoms with E-state index in [0.29, 0.717) is 27.8 Å². The maximum absolute atomic E-state index is 11.7. The molecule has 9 heteroatoms. The number of halogens is 3. The largest absolute Gasteiger partial charge is 0.507 e. The van der Waals surface area contributed by atoms with Gasteiger partial charge < -0.3 is 20.4 Å². The fraction of sp³-hybridized carbons (Fsp3) is 0.130. The van der Waals surface area contributed by atoms with Gasteiger partial charge in [-0.3, -0.25) is 0 Å². The Morgan fingerprint density at radius 3 is 1.50 bits per heavy atom. The molecule has 0 heterocycles. The first-order chi connectivity index (χ1) is 14.9. The number of rotatable bonds is 5. The van der Waals surface area contributed by atoms with E-state index in [-0.39, 0.29) is 37.7 Å². The molecule has 0 radical (unpaired) electrons. The molecular weight excluding hydrogens is 479 g/mol. The molecule has 0 aromatic heterocycles. The number of aromatic hydroxyl groups is 2. The van der Waals surface area contributed by atoms with Gasteiger partial charge in [0.05, 0.1) is 10.0 Å². The molecule has 0 spiro atoms. The van der Waals surface area contributed by atoms with E-state index < -0.39 is 17.9 Å². The summed E-state index contributed by atoms with van der Waals surface area (Å²) >= 11 is 18.8. The van der Waals surface area contributed by atoms with Crippen LogP contribution in [0.4, 0.5) is 0 Å². The van der Waals surface area contributed by atoms with Gasteiger partial charge in [-0.1, -0.05) is 46.9 Å². The summed E-state index contributed by atoms with van der Waals surface area (Å²) in [7, 11) is 0. The van der Waals surface area contributed by atoms with Crippen LogP contribution in [0.15, 0.2) is 36.4 Å². The molecule has 0 atom stereocenters. The minimum absolute atomic E-state index is 0.194. The Labute approximate surface area is 198 Å². The van der Waals surface area contributed by atoms with Gasteiger partial charge in [0.15, 0.2) is 0 Å². The Balaban J connectivity index is 2.41. The van der Waals surface area contributed by atoms with E-state index in [9.17, 15) is 30.0 Å². The van der Waals surface area contributed by atoms with Gasteiger partial charge in [0.1, 0.15) is 22.6 Å². The number of carboxylic acids is 2. The summed E-state index contributed by atoms with van der Waals surface area (Å²) in [6.45, 7) is 3.09. The number of aromatic carboxylic acids is 2. The highest BCUT2D eigenvalue weighted by molar-refractivity contribution is 6.43. The first-order valence-corrected chi connectivity index (χ1v) is 10.3. The van der Waals surface area contributed by atoms with Crippen molar-refractivity contribution in [3.8, 4) is 11.5 Å². The van der Waals surface area contributed by atoms with Crippen molar-refractivity contribution in [2.24, 2.45) is 0 Å². The third-order valence-corrected chi connectivity index (χ3v) is 6.17. The zero-order chi connectivity index (χ0) is 23.9. The van der Waals surface area contributed by atoms with Gasteiger partial charge in [0, 0.05) is 10.9 Å². The highest BCUT2D eigenvalue weighted by atomic mass is 35.5. The van der Waals surface area contributed by atoms with Crippen molar-refractivity contribution in [2.45, 2.75) is 19.8 Å². The molecule has 0 aliphatic rings. The Bertz CT molecular complexity index is 1200. The molecule has 32 heavy (non-hydrogen) atoms. The fourth-order valence-electron chi connectivity index (χ4n) is 3.59. The van der Waals surface area contributed by atoms with Crippen molar-refractivity contribution in [3.63, 3.8) is 0 Å². The van der Waals surface area contributed by atoms with Crippen LogP contribution in [0.1, 0.15) is 54.5 Å². The number of carboxylic acid groups (broad SMARTS) is 2. The van der Waals surface area contributed by atoms with Crippen molar-refractivity contribution < 1.29 is 30.0 Å². The molecule has 0 unspecified atom stereocenters. The highest BCUT2D eigenvalue weighted by Crippen LogP contribution is 2.42. The van der Waals surface area contributed by atoms with E-state index in [2.05, 4.69) is 0 Å². The summed E-state index contributed by atoms with van der Waals surface area (Å²) in [6.07, 6.45) is 0. The summed E-state index contributed by atoms with van der Waals surface area (Å²) in [4.78, 5) is 23.4. The van der Waals surface area contributed by atoms with Gasteiger partial charge in [-0.25, -0.2) is 9.59 Å². The molecule has 0 aliphatic heterocycles. The number of phenols is 2. The third-order valence-electron chi connectivity index (χ3n) is 5.12. The van der Waals surface area contributed by atoms with Gasteiger partial charge in [0.25, 0.3) is 0 Å². The van der Waals surface area contributed by atoms with Crippen LogP contribution in [-0.4, -0.2) is 32.4 Å². The third kappa shape index (κ3) is 4.35. The van der Waals surface area contributed by atoms with E-state index in [1.54, 1.807) is 26.0 Å². The molecule has 0 amide bonds. The zero-order valence-corrected chi connectivity index (χ0v) is 19.0. The van der Waals surface area contributed by atoms with Crippen LogP contribution >= 0.6 is 34.8 Å². The van der Waals surface area contributed by atoms with Crippen molar-refractivity contribution in [3.05, 3.63) is 90.4 Å². The molecule has 0 fully saturated rings. The number of benzene rings is 3. The van der Waals surface area contributed by atoms with E-state index in [1.165, 1.54) is 24.3 Å². The molecule has 0 aliphatic carbocycles. The Morgan fingerprint density at radius 1 is 0.688 bits per heavy atom. The van der Waals surface area contributed by atoms with Crippen LogP contribution in [0.2, 0.25) is 15.1 Å². The number of hydrogen-bond donors (Lipinski definition) is 4. The topological polar surface area (TPSA) is 115 Å². The first kappa shape index (κ1) is 23.7. The Morgan fingerprint density at radius 2 is 1.09 bits per heavy atom. The highest BCUT2D eigenvalue weighted by Gasteiger charge is 2.26. The second-order valence-electron chi connectivity index (χ2n) is 7.30. The maximum Gasteiger partial charge on any atom is 0.339 e. The molecule has 0 saturated heterocycles. The summed E-state index contributed by atoms with van der Waals surface area (Å²) in [6, 6.07) is 8.68. The molecule has 0 bridgehead atoms. The number of aryl methyl sites for hydroxylation is 2. The minimum Gasteiger partial charge on any atom is -0.507 e. The zero-order valence-electron chi connectivity index (χ0n) is 16.8. The standard InChI is InChI=1S/C23H17Cl3O6/c1-9-3-11(5-14(20(9)27)22(29)30)19(13-7-17(25)18(26)8-16(13)24)12-4-10(2)21(28)15(6-12)23(31)32/h3-8,19,27-28H,1-2H3,(H,29,30)(H,31,32). The van der Waals surface area contributed by atoms with Gasteiger partial charge in [-0.2, -0.15) is 0 Å². The Hall–Kier alpha value is -2.93. The predicted molar refractivity (Wildman–Crippen MR) is 122 cm³/mol. The second kappa shape index (κ2) is 8.90. The smallest absolute Gasteiger partial charge is 0.339 e. The monoisotopic (exact) mass is 494 g/mol. The molecular formula is C23H17Cl3O6. The average Bonchev–Trinajstić information content (AvgIpc) is 2.70. The lowest BCUT2D eigenvalue weighted by Gasteiger charge is -2.23. The SMILES string of the molecule is Cc1cc(C(c2cc(C)c(O)c(C(=O)O)c2)c2cc(Cl)c(Cl)cc2Cl)cc(C(=O)O)c1O. The van der Waals surface area contributed by atoms with Crippen molar-refractivity contribution >= 4 is 46.7 Å². The lowest BCUT2D eigenvalue weighted by Crippen LogP contribution is -2.10. The summed E-state index contributed by atoms with van der Waals surface area (Å²) in [5.41, 5.74) is 1.22. The van der Waals surface area contributed by atoms with Crippen LogP contribution in [0.3, 0.4) is 0 Å². The summed E-state index contributed by atoms with van der Waals surface area (Å²) in [5.74, 6) is -4.21. The molecule has 6 nitrogen and oxygen atoms in total. The lowest BCUT2D eigenvalue weighted by atomic mass is 9.82. The second-order valence-corrected chi connectivity index (χ2v) is 8.52. The van der Waals surface area contributed by atoms with E-state index in [4.69, 9.17) is 34.8 Å². The van der Waals surface area contributed by atoms with Gasteiger partial charge in [-0.15, -0.1) is 0 Å². The first-order valence-electron chi connectivity index (χ1n) is 9.20. The normalized spacial score (nSPS) is 11.1. The molecule has 0 saturated carbocycles. The van der Waals surface area contributed by atoms with Gasteiger partial charge in [0.2, 0.25) is 0 Å². The summed E-state index contributed by atoms with van der Waals surface area (Å²) < 4.78 is 0. The predicted octanol–water partition coefficient (Wildman–Crippen LogP) is 6.25. The number of hydrogen-bond acceptors (Lipinski definition) is 4. The van der Waals surface area contributed by atoms with E-state index in [0.717, 1.165) is 0 Å². The van der Waals surface area contributed by atoms with Crippen molar-refractivity contribution in [2.75, 3.05) is 0 Å². The molecule has 3 rings (SSSR count). The van der Waals surface area contributed by atoms with Crippen LogP contribution in [0.5, 0.6) is 11.5 Å². The van der Waals surface area contributed by atoms with Crippen molar-refractivity contribution in [1.82, 2.24) is 0 Å². The molecule has 166 valence electrons. The van der Waals surface area contributed by atoms with E-state index in [1.807, 2.05) is 0 Å². The quantitative estimate of drug-likeness (QED) is 0.246. The average molecular weight is 496 g/mol. The van der Waals surface area contributed by atoms with Crippen LogP contribution in [0.25, 0.3) is 0 Å². The molecule has 3 aromatic carbocycles. The van der Waals surface area contributed by atoms with Crippen LogP contribution in [0, 0.1) is 13.8 Å². The maximum atomic E-state index is 11.7. The molecule has 4 N–H and O–H groups in total. The van der Waals surface area contributed by atoms with Crippen LogP contribution < -0.4 is 0 Å². The minimum atomic E-state index is -1.33. The van der Waals surface area contributed by atoms with Gasteiger partial charge >= 0.3 is 11.9 Å². The number of carbonyl (C=O) groups is 2. The van der Waals surface area contributed by atoms with Crippen LogP contribution in [-0.2, 0) is 0 Å². The van der Waals surface area contributed by atoms with E-state index >= 15 is 0 Å². The van der Waals surface area contributed by atoms with Gasteiger partial charge in [-0.05, 0) is 65.9 Å².